The summed E-state index contributed by atoms with van der Waals surface area (Å²) in [5.74, 6) is 0. The third-order valence-corrected chi connectivity index (χ3v) is 2.96. The molecule has 0 bridgehead atoms. The number of rotatable bonds is 0. The van der Waals surface area contributed by atoms with Crippen molar-refractivity contribution in [1.82, 2.24) is 5.32 Å². The highest BCUT2D eigenvalue weighted by molar-refractivity contribution is 7.10. The van der Waals surface area contributed by atoms with Crippen LogP contribution in [0.2, 0.25) is 0 Å². The SMILES string of the molecule is C[C@@H]1Cc2sccc2CN1. The lowest BCUT2D eigenvalue weighted by atomic mass is 10.1. The maximum atomic E-state index is 3.43. The Hall–Kier alpha value is -0.340. The lowest BCUT2D eigenvalue weighted by Gasteiger charge is -2.19. The molecule has 1 nitrogen and oxygen atoms in total. The molecule has 0 spiro atoms. The zero-order valence-electron chi connectivity index (χ0n) is 6.05. The van der Waals surface area contributed by atoms with E-state index in [1.807, 2.05) is 11.3 Å². The van der Waals surface area contributed by atoms with Crippen molar-refractivity contribution in [3.8, 4) is 0 Å². The van der Waals surface area contributed by atoms with E-state index >= 15 is 0 Å². The summed E-state index contributed by atoms with van der Waals surface area (Å²) in [6.07, 6.45) is 1.22. The molecule has 1 aromatic heterocycles. The van der Waals surface area contributed by atoms with Crippen LogP contribution in [0, 0.1) is 0 Å². The van der Waals surface area contributed by atoms with E-state index in [0.29, 0.717) is 6.04 Å². The Balaban J connectivity index is 2.30. The largest absolute Gasteiger partial charge is 0.310 e. The molecule has 1 atom stereocenters. The maximum absolute atomic E-state index is 3.43. The lowest BCUT2D eigenvalue weighted by Crippen LogP contribution is -2.31. The van der Waals surface area contributed by atoms with Crippen LogP contribution in [-0.4, -0.2) is 6.04 Å². The van der Waals surface area contributed by atoms with Crippen molar-refractivity contribution in [2.45, 2.75) is 25.9 Å². The van der Waals surface area contributed by atoms with E-state index < -0.39 is 0 Å². The second kappa shape index (κ2) is 2.36. The van der Waals surface area contributed by atoms with Gasteiger partial charge in [-0.15, -0.1) is 11.3 Å². The van der Waals surface area contributed by atoms with Gasteiger partial charge in [0.1, 0.15) is 0 Å². The highest BCUT2D eigenvalue weighted by Gasteiger charge is 2.13. The number of thiophene rings is 1. The van der Waals surface area contributed by atoms with Gasteiger partial charge in [0, 0.05) is 17.5 Å². The average Bonchev–Trinajstić information content (AvgIpc) is 2.33. The van der Waals surface area contributed by atoms with Crippen LogP contribution in [0.5, 0.6) is 0 Å². The first-order valence-corrected chi connectivity index (χ1v) is 4.53. The van der Waals surface area contributed by atoms with Gasteiger partial charge in [-0.3, -0.25) is 0 Å². The molecule has 1 aliphatic heterocycles. The number of fused-ring (bicyclic) bond motifs is 1. The van der Waals surface area contributed by atoms with Crippen LogP contribution in [0.3, 0.4) is 0 Å². The third-order valence-electron chi connectivity index (χ3n) is 1.97. The van der Waals surface area contributed by atoms with E-state index in [0.717, 1.165) is 6.54 Å². The minimum absolute atomic E-state index is 0.672. The summed E-state index contributed by atoms with van der Waals surface area (Å²) in [4.78, 5) is 1.58. The van der Waals surface area contributed by atoms with Crippen LogP contribution in [0.15, 0.2) is 11.4 Å². The van der Waals surface area contributed by atoms with Crippen LogP contribution < -0.4 is 5.32 Å². The number of hydrogen-bond donors (Lipinski definition) is 1. The van der Waals surface area contributed by atoms with Gasteiger partial charge >= 0.3 is 0 Å². The van der Waals surface area contributed by atoms with E-state index in [1.54, 1.807) is 4.88 Å². The molecule has 0 fully saturated rings. The molecule has 0 amide bonds. The second-order valence-corrected chi connectivity index (χ2v) is 3.86. The summed E-state index contributed by atoms with van der Waals surface area (Å²) in [5.41, 5.74) is 1.50. The number of nitrogens with one attached hydrogen (secondary N) is 1. The van der Waals surface area contributed by atoms with E-state index in [4.69, 9.17) is 0 Å². The van der Waals surface area contributed by atoms with Crippen LogP contribution in [0.4, 0.5) is 0 Å². The molecule has 10 heavy (non-hydrogen) atoms. The molecule has 2 heterocycles. The normalized spacial score (nSPS) is 24.3. The first kappa shape index (κ1) is 6.38. The average molecular weight is 153 g/mol. The van der Waals surface area contributed by atoms with E-state index in [1.165, 1.54) is 12.0 Å². The first-order valence-electron chi connectivity index (χ1n) is 3.65. The number of hydrogen-bond acceptors (Lipinski definition) is 2. The Morgan fingerprint density at radius 3 is 3.50 bits per heavy atom. The molecule has 0 aliphatic carbocycles. The lowest BCUT2D eigenvalue weighted by molar-refractivity contribution is 0.520. The van der Waals surface area contributed by atoms with Gasteiger partial charge < -0.3 is 5.32 Å². The van der Waals surface area contributed by atoms with E-state index in [2.05, 4.69) is 23.7 Å². The van der Waals surface area contributed by atoms with Crippen molar-refractivity contribution >= 4 is 11.3 Å². The van der Waals surface area contributed by atoms with Crippen LogP contribution in [-0.2, 0) is 13.0 Å². The van der Waals surface area contributed by atoms with Gasteiger partial charge in [-0.1, -0.05) is 0 Å². The summed E-state index contributed by atoms with van der Waals surface area (Å²) < 4.78 is 0. The Bertz CT molecular complexity index is 229. The molecule has 0 saturated carbocycles. The Kier molecular flexibility index (Phi) is 1.51. The molecule has 0 aromatic carbocycles. The van der Waals surface area contributed by atoms with Crippen LogP contribution in [0.25, 0.3) is 0 Å². The summed E-state index contributed by atoms with van der Waals surface area (Å²) in [6, 6.07) is 2.89. The zero-order chi connectivity index (χ0) is 6.97. The third kappa shape index (κ3) is 0.976. The molecule has 0 radical (unpaired) electrons. The molecule has 1 aliphatic rings. The van der Waals surface area contributed by atoms with Crippen molar-refractivity contribution in [3.63, 3.8) is 0 Å². The highest BCUT2D eigenvalue weighted by atomic mass is 32.1. The van der Waals surface area contributed by atoms with Crippen molar-refractivity contribution < 1.29 is 0 Å². The monoisotopic (exact) mass is 153 g/mol. The van der Waals surface area contributed by atoms with Crippen molar-refractivity contribution in [2.75, 3.05) is 0 Å². The van der Waals surface area contributed by atoms with Crippen molar-refractivity contribution in [2.24, 2.45) is 0 Å². The summed E-state index contributed by atoms with van der Waals surface area (Å²) in [6.45, 7) is 3.31. The van der Waals surface area contributed by atoms with Crippen LogP contribution in [0.1, 0.15) is 17.4 Å². The molecule has 2 rings (SSSR count). The zero-order valence-corrected chi connectivity index (χ0v) is 6.87. The minimum Gasteiger partial charge on any atom is -0.310 e. The summed E-state index contributed by atoms with van der Waals surface area (Å²) in [7, 11) is 0. The van der Waals surface area contributed by atoms with Crippen molar-refractivity contribution in [3.05, 3.63) is 21.9 Å². The minimum atomic E-state index is 0.672. The fraction of sp³-hybridized carbons (Fsp3) is 0.500. The molecule has 0 unspecified atom stereocenters. The molecule has 1 N–H and O–H groups in total. The quantitative estimate of drug-likeness (QED) is 0.599. The Morgan fingerprint density at radius 1 is 1.70 bits per heavy atom. The van der Waals surface area contributed by atoms with Crippen LogP contribution >= 0.6 is 11.3 Å². The molecular formula is C8H11NS. The van der Waals surface area contributed by atoms with Gasteiger partial charge in [0.15, 0.2) is 0 Å². The van der Waals surface area contributed by atoms with E-state index in [-0.39, 0.29) is 0 Å². The summed E-state index contributed by atoms with van der Waals surface area (Å²) >= 11 is 1.89. The molecule has 2 heteroatoms. The molecule has 1 aromatic rings. The summed E-state index contributed by atoms with van der Waals surface area (Å²) in [5, 5.41) is 5.62. The molecule has 0 saturated heterocycles. The fourth-order valence-corrected chi connectivity index (χ4v) is 2.37. The molecular weight excluding hydrogens is 142 g/mol. The fourth-order valence-electron chi connectivity index (χ4n) is 1.34. The van der Waals surface area contributed by atoms with Gasteiger partial charge in [-0.05, 0) is 30.4 Å². The predicted molar refractivity (Wildman–Crippen MR) is 44.3 cm³/mol. The smallest absolute Gasteiger partial charge is 0.0219 e. The Labute approximate surface area is 65.1 Å². The first-order chi connectivity index (χ1) is 4.86. The highest BCUT2D eigenvalue weighted by Crippen LogP contribution is 2.21. The van der Waals surface area contributed by atoms with E-state index in [9.17, 15) is 0 Å². The van der Waals surface area contributed by atoms with Crippen molar-refractivity contribution in [1.29, 1.82) is 0 Å². The predicted octanol–water partition coefficient (Wildman–Crippen LogP) is 1.78. The van der Waals surface area contributed by atoms with Gasteiger partial charge in [0.05, 0.1) is 0 Å². The molecule has 54 valence electrons. The van der Waals surface area contributed by atoms with Gasteiger partial charge in [-0.2, -0.15) is 0 Å². The second-order valence-electron chi connectivity index (χ2n) is 2.86. The van der Waals surface area contributed by atoms with Gasteiger partial charge in [0.25, 0.3) is 0 Å². The maximum Gasteiger partial charge on any atom is 0.0219 e. The topological polar surface area (TPSA) is 12.0 Å². The van der Waals surface area contributed by atoms with Gasteiger partial charge in [0.2, 0.25) is 0 Å². The standard InChI is InChI=1S/C8H11NS/c1-6-4-8-7(5-9-6)2-3-10-8/h2-3,6,9H,4-5H2,1H3/t6-/m1/s1. The Morgan fingerprint density at radius 2 is 2.60 bits per heavy atom. The van der Waals surface area contributed by atoms with Gasteiger partial charge in [-0.25, -0.2) is 0 Å².